The second-order valence-electron chi connectivity index (χ2n) is 6.26. The van der Waals surface area contributed by atoms with Crippen LogP contribution in [0.3, 0.4) is 0 Å². The molecule has 4 aromatic rings. The van der Waals surface area contributed by atoms with E-state index in [4.69, 9.17) is 0 Å². The number of nitrogens with one attached hydrogen (secondary N) is 2. The summed E-state index contributed by atoms with van der Waals surface area (Å²) >= 11 is 0. The summed E-state index contributed by atoms with van der Waals surface area (Å²) in [5, 5.41) is 7.58. The van der Waals surface area contributed by atoms with Gasteiger partial charge in [0.15, 0.2) is 0 Å². The lowest BCUT2D eigenvalue weighted by Crippen LogP contribution is -2.14. The number of nitrogens with zero attached hydrogens (tertiary/aromatic N) is 3. The molecule has 0 bridgehead atoms. The first-order chi connectivity index (χ1) is 14.1. The Kier molecular flexibility index (Phi) is 5.26. The van der Waals surface area contributed by atoms with Gasteiger partial charge >= 0.3 is 0 Å². The molecule has 0 aliphatic carbocycles. The first-order valence-electron chi connectivity index (χ1n) is 9.00. The number of benzene rings is 3. The molecule has 0 amide bonds. The smallest absolute Gasteiger partial charge is 0.264 e. The van der Waals surface area contributed by atoms with Gasteiger partial charge in [0.25, 0.3) is 16.0 Å². The monoisotopic (exact) mass is 405 g/mol. The minimum Gasteiger partial charge on any atom is -0.350 e. The van der Waals surface area contributed by atoms with Crippen LogP contribution in [-0.2, 0) is 16.6 Å². The van der Waals surface area contributed by atoms with E-state index in [1.165, 1.54) is 12.1 Å². The van der Waals surface area contributed by atoms with Gasteiger partial charge in [-0.3, -0.25) is 0 Å². The lowest BCUT2D eigenvalue weighted by Gasteiger charge is -2.07. The summed E-state index contributed by atoms with van der Waals surface area (Å²) in [6, 6.07) is 27.4. The Morgan fingerprint density at radius 1 is 0.793 bits per heavy atom. The van der Waals surface area contributed by atoms with Crippen molar-refractivity contribution in [3.63, 3.8) is 0 Å². The zero-order valence-electron chi connectivity index (χ0n) is 15.4. The highest BCUT2D eigenvalue weighted by atomic mass is 32.2. The summed E-state index contributed by atoms with van der Waals surface area (Å²) in [4.78, 5) is 4.51. The Hall–Kier alpha value is -3.65. The summed E-state index contributed by atoms with van der Waals surface area (Å²) in [5.74, 6) is 0.430. The number of sulfonamides is 1. The van der Waals surface area contributed by atoms with Crippen molar-refractivity contribution in [3.8, 4) is 5.69 Å². The average Bonchev–Trinajstić information content (AvgIpc) is 3.16. The van der Waals surface area contributed by atoms with Crippen molar-refractivity contribution < 1.29 is 8.42 Å². The molecule has 0 radical (unpaired) electrons. The maximum absolute atomic E-state index is 12.6. The quantitative estimate of drug-likeness (QED) is 0.490. The van der Waals surface area contributed by atoms with Gasteiger partial charge in [0.2, 0.25) is 5.95 Å². The molecule has 2 N–H and O–H groups in total. The molecule has 0 spiro atoms. The van der Waals surface area contributed by atoms with Crippen LogP contribution in [0.1, 0.15) is 5.56 Å². The van der Waals surface area contributed by atoms with Crippen LogP contribution in [0, 0.1) is 0 Å². The van der Waals surface area contributed by atoms with Crippen LogP contribution in [0.5, 0.6) is 0 Å². The van der Waals surface area contributed by atoms with Gasteiger partial charge in [-0.05, 0) is 29.8 Å². The highest BCUT2D eigenvalue weighted by molar-refractivity contribution is 7.92. The third-order valence-corrected chi connectivity index (χ3v) is 5.52. The first-order valence-corrected chi connectivity index (χ1v) is 10.5. The van der Waals surface area contributed by atoms with Crippen LogP contribution >= 0.6 is 0 Å². The van der Waals surface area contributed by atoms with Crippen LogP contribution < -0.4 is 10.0 Å². The lowest BCUT2D eigenvalue weighted by atomic mass is 10.2. The minimum absolute atomic E-state index is 0.00623. The molecule has 29 heavy (non-hydrogen) atoms. The fourth-order valence-corrected chi connectivity index (χ4v) is 3.73. The maximum Gasteiger partial charge on any atom is 0.264 e. The molecule has 1 heterocycles. The molecule has 0 saturated carbocycles. The molecule has 3 aromatic carbocycles. The van der Waals surface area contributed by atoms with Gasteiger partial charge in [-0.2, -0.15) is 9.67 Å². The molecule has 0 aliphatic heterocycles. The normalized spacial score (nSPS) is 11.2. The van der Waals surface area contributed by atoms with Crippen molar-refractivity contribution in [1.82, 2.24) is 14.8 Å². The fourth-order valence-electron chi connectivity index (χ4n) is 2.77. The maximum atomic E-state index is 12.6. The standard InChI is InChI=1S/C21H19N5O2S/c27-29(28,19-14-8-3-9-15-19)25-20-23-21(22-16-17-10-4-1-5-11-17)26(24-20)18-12-6-2-7-13-18/h1-15H,16H2,(H2,22,23,24,25). The van der Waals surface area contributed by atoms with Crippen molar-refractivity contribution >= 4 is 21.9 Å². The zero-order valence-corrected chi connectivity index (χ0v) is 16.3. The van der Waals surface area contributed by atoms with Crippen molar-refractivity contribution in [2.24, 2.45) is 0 Å². The molecule has 0 unspecified atom stereocenters. The van der Waals surface area contributed by atoms with E-state index in [1.54, 1.807) is 22.9 Å². The number of aromatic nitrogens is 3. The molecule has 0 saturated heterocycles. The van der Waals surface area contributed by atoms with E-state index < -0.39 is 10.0 Å². The zero-order chi connectivity index (χ0) is 20.1. The van der Waals surface area contributed by atoms with E-state index in [2.05, 4.69) is 20.1 Å². The van der Waals surface area contributed by atoms with E-state index >= 15 is 0 Å². The van der Waals surface area contributed by atoms with Gasteiger partial charge < -0.3 is 5.32 Å². The number of anilines is 2. The fraction of sp³-hybridized carbons (Fsp3) is 0.0476. The number of hydrogen-bond acceptors (Lipinski definition) is 5. The van der Waals surface area contributed by atoms with Gasteiger partial charge in [-0.15, -0.1) is 5.10 Å². The highest BCUT2D eigenvalue weighted by Crippen LogP contribution is 2.19. The van der Waals surface area contributed by atoms with Gasteiger partial charge in [0.05, 0.1) is 10.6 Å². The molecule has 0 fully saturated rings. The van der Waals surface area contributed by atoms with Crippen LogP contribution in [0.2, 0.25) is 0 Å². The van der Waals surface area contributed by atoms with E-state index in [0.29, 0.717) is 12.5 Å². The van der Waals surface area contributed by atoms with Gasteiger partial charge in [0.1, 0.15) is 0 Å². The Labute approximate surface area is 169 Å². The van der Waals surface area contributed by atoms with Gasteiger partial charge in [0, 0.05) is 6.54 Å². The summed E-state index contributed by atoms with van der Waals surface area (Å²) in [6.07, 6.45) is 0. The summed E-state index contributed by atoms with van der Waals surface area (Å²) in [6.45, 7) is 0.525. The molecule has 7 nitrogen and oxygen atoms in total. The lowest BCUT2D eigenvalue weighted by molar-refractivity contribution is 0.601. The molecule has 0 aliphatic rings. The number of para-hydroxylation sites is 1. The third kappa shape index (κ3) is 4.44. The topological polar surface area (TPSA) is 88.9 Å². The largest absolute Gasteiger partial charge is 0.350 e. The molecule has 4 rings (SSSR count). The predicted octanol–water partition coefficient (Wildman–Crippen LogP) is 3.68. The van der Waals surface area contributed by atoms with Crippen molar-refractivity contribution in [3.05, 3.63) is 96.6 Å². The second-order valence-corrected chi connectivity index (χ2v) is 7.95. The Bertz CT molecular complexity index is 1180. The predicted molar refractivity (Wildman–Crippen MR) is 112 cm³/mol. The van der Waals surface area contributed by atoms with Crippen LogP contribution in [0.4, 0.5) is 11.9 Å². The Morgan fingerprint density at radius 3 is 2.03 bits per heavy atom. The first kappa shape index (κ1) is 18.7. The third-order valence-electron chi connectivity index (χ3n) is 4.18. The molecular weight excluding hydrogens is 386 g/mol. The summed E-state index contributed by atoms with van der Waals surface area (Å²) < 4.78 is 29.3. The summed E-state index contributed by atoms with van der Waals surface area (Å²) in [7, 11) is -3.78. The Balaban J connectivity index is 1.64. The van der Waals surface area contributed by atoms with Crippen LogP contribution in [-0.4, -0.2) is 23.2 Å². The van der Waals surface area contributed by atoms with Crippen molar-refractivity contribution in [2.75, 3.05) is 10.0 Å². The second kappa shape index (κ2) is 8.15. The van der Waals surface area contributed by atoms with Gasteiger partial charge in [-0.25, -0.2) is 13.1 Å². The molecule has 146 valence electrons. The van der Waals surface area contributed by atoms with Crippen molar-refractivity contribution in [1.29, 1.82) is 0 Å². The van der Waals surface area contributed by atoms with Crippen LogP contribution in [0.25, 0.3) is 5.69 Å². The highest BCUT2D eigenvalue weighted by Gasteiger charge is 2.19. The van der Waals surface area contributed by atoms with Gasteiger partial charge in [-0.1, -0.05) is 66.7 Å². The van der Waals surface area contributed by atoms with E-state index in [-0.39, 0.29) is 10.8 Å². The molecule has 0 atom stereocenters. The average molecular weight is 405 g/mol. The van der Waals surface area contributed by atoms with E-state index in [0.717, 1.165) is 11.3 Å². The van der Waals surface area contributed by atoms with E-state index in [1.807, 2.05) is 60.7 Å². The van der Waals surface area contributed by atoms with E-state index in [9.17, 15) is 8.42 Å². The number of rotatable bonds is 7. The molecule has 1 aromatic heterocycles. The SMILES string of the molecule is O=S(=O)(Nc1nc(NCc2ccccc2)n(-c2ccccc2)n1)c1ccccc1. The minimum atomic E-state index is -3.78. The van der Waals surface area contributed by atoms with Crippen molar-refractivity contribution in [2.45, 2.75) is 11.4 Å². The van der Waals surface area contributed by atoms with Crippen LogP contribution in [0.15, 0.2) is 95.9 Å². The molecular formula is C21H19N5O2S. The molecule has 8 heteroatoms. The summed E-state index contributed by atoms with van der Waals surface area (Å²) in [5.41, 5.74) is 1.84. The number of hydrogen-bond donors (Lipinski definition) is 2. The Morgan fingerprint density at radius 2 is 1.38 bits per heavy atom.